The number of hydrogen-bond donors (Lipinski definition) is 1. The first kappa shape index (κ1) is 29.7. The van der Waals surface area contributed by atoms with Gasteiger partial charge in [-0.05, 0) is 64.4 Å². The van der Waals surface area contributed by atoms with Gasteiger partial charge in [0.2, 0.25) is 11.8 Å². The van der Waals surface area contributed by atoms with E-state index in [9.17, 15) is 18.0 Å². The van der Waals surface area contributed by atoms with E-state index in [0.29, 0.717) is 5.75 Å². The molecule has 39 heavy (non-hydrogen) atoms. The fourth-order valence-electron chi connectivity index (χ4n) is 4.06. The van der Waals surface area contributed by atoms with Crippen molar-refractivity contribution in [3.05, 3.63) is 89.5 Å². The number of rotatable bonds is 11. The van der Waals surface area contributed by atoms with Crippen LogP contribution in [0.3, 0.4) is 0 Å². The van der Waals surface area contributed by atoms with E-state index in [1.54, 1.807) is 43.3 Å². The lowest BCUT2D eigenvalue weighted by molar-refractivity contribution is -0.139. The largest absolute Gasteiger partial charge is 0.495 e. The fraction of sp³-hybridized carbons (Fsp3) is 0.333. The summed E-state index contributed by atoms with van der Waals surface area (Å²) in [4.78, 5) is 28.4. The van der Waals surface area contributed by atoms with Crippen LogP contribution >= 0.6 is 0 Å². The maximum absolute atomic E-state index is 14.0. The maximum atomic E-state index is 14.0. The summed E-state index contributed by atoms with van der Waals surface area (Å²) in [5, 5.41) is 2.85. The maximum Gasteiger partial charge on any atom is 0.264 e. The van der Waals surface area contributed by atoms with Gasteiger partial charge in [0.15, 0.2) is 0 Å². The fourth-order valence-corrected chi connectivity index (χ4v) is 5.49. The predicted octanol–water partition coefficient (Wildman–Crippen LogP) is 4.45. The molecule has 3 aromatic carbocycles. The van der Waals surface area contributed by atoms with Crippen LogP contribution < -0.4 is 14.4 Å². The van der Waals surface area contributed by atoms with E-state index < -0.39 is 28.5 Å². The van der Waals surface area contributed by atoms with Gasteiger partial charge in [0.05, 0.1) is 17.7 Å². The summed E-state index contributed by atoms with van der Waals surface area (Å²) < 4.78 is 34.4. The van der Waals surface area contributed by atoms with Gasteiger partial charge < -0.3 is 15.0 Å². The Balaban J connectivity index is 2.06. The van der Waals surface area contributed by atoms with Crippen LogP contribution in [0.2, 0.25) is 0 Å². The van der Waals surface area contributed by atoms with Crippen LogP contribution in [0.4, 0.5) is 5.69 Å². The Hall–Kier alpha value is -3.85. The van der Waals surface area contributed by atoms with Crippen molar-refractivity contribution in [2.75, 3.05) is 18.0 Å². The lowest BCUT2D eigenvalue weighted by Gasteiger charge is -2.32. The van der Waals surface area contributed by atoms with Crippen LogP contribution in [-0.4, -0.2) is 50.9 Å². The molecule has 0 radical (unpaired) electrons. The second-order valence-corrected chi connectivity index (χ2v) is 11.7. The molecular weight excluding hydrogens is 514 g/mol. The molecule has 0 spiro atoms. The van der Waals surface area contributed by atoms with Gasteiger partial charge in [0.1, 0.15) is 18.3 Å². The van der Waals surface area contributed by atoms with Crippen LogP contribution in [0, 0.1) is 13.8 Å². The Morgan fingerprint density at radius 3 is 2.00 bits per heavy atom. The molecule has 0 aliphatic carbocycles. The molecule has 0 bridgehead atoms. The molecule has 208 valence electrons. The van der Waals surface area contributed by atoms with Gasteiger partial charge in [0, 0.05) is 12.6 Å². The molecule has 0 fully saturated rings. The quantitative estimate of drug-likeness (QED) is 0.380. The van der Waals surface area contributed by atoms with Gasteiger partial charge in [-0.1, -0.05) is 59.7 Å². The first-order valence-corrected chi connectivity index (χ1v) is 14.3. The number of hydrogen-bond acceptors (Lipinski definition) is 5. The van der Waals surface area contributed by atoms with Gasteiger partial charge in [-0.2, -0.15) is 0 Å². The number of carbonyl (C=O) groups excluding carboxylic acids is 2. The van der Waals surface area contributed by atoms with Crippen molar-refractivity contribution in [1.29, 1.82) is 0 Å². The number of amides is 2. The van der Waals surface area contributed by atoms with Crippen molar-refractivity contribution >= 4 is 27.5 Å². The number of anilines is 1. The molecule has 0 aliphatic heterocycles. The highest BCUT2D eigenvalue weighted by Crippen LogP contribution is 2.32. The normalized spacial score (nSPS) is 12.1. The zero-order valence-corrected chi connectivity index (χ0v) is 24.2. The van der Waals surface area contributed by atoms with E-state index in [4.69, 9.17) is 4.74 Å². The molecule has 3 aromatic rings. The summed E-state index contributed by atoms with van der Waals surface area (Å²) in [5.74, 6) is -0.545. The van der Waals surface area contributed by atoms with E-state index in [1.165, 1.54) is 24.1 Å². The van der Waals surface area contributed by atoms with Crippen molar-refractivity contribution in [3.8, 4) is 5.75 Å². The highest BCUT2D eigenvalue weighted by molar-refractivity contribution is 7.92. The molecule has 8 nitrogen and oxygen atoms in total. The van der Waals surface area contributed by atoms with Crippen molar-refractivity contribution < 1.29 is 22.7 Å². The van der Waals surface area contributed by atoms with E-state index in [0.717, 1.165) is 21.0 Å². The second-order valence-electron chi connectivity index (χ2n) is 9.84. The van der Waals surface area contributed by atoms with E-state index >= 15 is 0 Å². The average molecular weight is 552 g/mol. The number of para-hydroxylation sites is 2. The molecule has 0 aromatic heterocycles. The monoisotopic (exact) mass is 551 g/mol. The summed E-state index contributed by atoms with van der Waals surface area (Å²) in [7, 11) is -2.73. The minimum absolute atomic E-state index is 0.0440. The minimum Gasteiger partial charge on any atom is -0.495 e. The number of ether oxygens (including phenoxy) is 1. The van der Waals surface area contributed by atoms with Crippen LogP contribution in [0.1, 0.15) is 37.5 Å². The van der Waals surface area contributed by atoms with Crippen LogP contribution in [0.5, 0.6) is 5.75 Å². The highest BCUT2D eigenvalue weighted by Gasteiger charge is 2.33. The first-order valence-electron chi connectivity index (χ1n) is 12.8. The summed E-state index contributed by atoms with van der Waals surface area (Å²) in [6.45, 7) is 8.77. The number of sulfonamides is 1. The summed E-state index contributed by atoms with van der Waals surface area (Å²) >= 11 is 0. The van der Waals surface area contributed by atoms with Gasteiger partial charge >= 0.3 is 0 Å². The van der Waals surface area contributed by atoms with Crippen molar-refractivity contribution in [3.63, 3.8) is 0 Å². The highest BCUT2D eigenvalue weighted by atomic mass is 32.2. The molecular formula is C30H37N3O5S. The Morgan fingerprint density at radius 2 is 1.44 bits per heavy atom. The predicted molar refractivity (Wildman–Crippen MR) is 153 cm³/mol. The Morgan fingerprint density at radius 1 is 0.872 bits per heavy atom. The topological polar surface area (TPSA) is 96.0 Å². The Bertz CT molecular complexity index is 1390. The third kappa shape index (κ3) is 7.38. The SMILES string of the molecule is COc1ccccc1N(CC(=O)N(Cc1ccc(C)cc1)[C@H](C)C(=O)NC(C)C)S(=O)(=O)c1ccc(C)cc1. The van der Waals surface area contributed by atoms with Gasteiger partial charge in [-0.3, -0.25) is 13.9 Å². The standard InChI is InChI=1S/C30H37N3O5S/c1-21(2)31-30(35)24(5)32(19-25-15-11-22(3)12-16-25)29(34)20-33(27-9-7-8-10-28(27)38-6)39(36,37)26-17-13-23(4)14-18-26/h7-18,21,24H,19-20H2,1-6H3,(H,31,35)/t24-/m1/s1. The molecule has 1 N–H and O–H groups in total. The second kappa shape index (κ2) is 12.8. The number of methoxy groups -OCH3 is 1. The zero-order chi connectivity index (χ0) is 28.7. The van der Waals surface area contributed by atoms with E-state index in [-0.39, 0.29) is 29.1 Å². The number of nitrogens with one attached hydrogen (secondary N) is 1. The van der Waals surface area contributed by atoms with Gasteiger partial charge in [-0.25, -0.2) is 8.42 Å². The minimum atomic E-state index is -4.17. The number of carbonyl (C=O) groups is 2. The Labute approximate surface area is 231 Å². The van der Waals surface area contributed by atoms with Crippen LogP contribution in [0.25, 0.3) is 0 Å². The summed E-state index contributed by atoms with van der Waals surface area (Å²) in [6.07, 6.45) is 0. The van der Waals surface area contributed by atoms with E-state index in [1.807, 2.05) is 52.0 Å². The number of nitrogens with zero attached hydrogens (tertiary/aromatic N) is 2. The van der Waals surface area contributed by atoms with Crippen LogP contribution in [0.15, 0.2) is 77.7 Å². The zero-order valence-electron chi connectivity index (χ0n) is 23.3. The molecule has 1 atom stereocenters. The smallest absolute Gasteiger partial charge is 0.264 e. The summed E-state index contributed by atoms with van der Waals surface area (Å²) in [6, 6.07) is 19.8. The summed E-state index contributed by atoms with van der Waals surface area (Å²) in [5.41, 5.74) is 3.02. The van der Waals surface area contributed by atoms with E-state index in [2.05, 4.69) is 5.32 Å². The third-order valence-corrected chi connectivity index (χ3v) is 8.09. The lowest BCUT2D eigenvalue weighted by Crippen LogP contribution is -2.52. The Kier molecular flexibility index (Phi) is 9.75. The molecule has 0 unspecified atom stereocenters. The van der Waals surface area contributed by atoms with Crippen molar-refractivity contribution in [2.24, 2.45) is 0 Å². The first-order chi connectivity index (χ1) is 18.4. The molecule has 0 aliphatic rings. The average Bonchev–Trinajstić information content (AvgIpc) is 2.90. The molecule has 9 heteroatoms. The number of aryl methyl sites for hydroxylation is 2. The molecule has 0 heterocycles. The lowest BCUT2D eigenvalue weighted by atomic mass is 10.1. The molecule has 0 saturated heterocycles. The molecule has 3 rings (SSSR count). The molecule has 0 saturated carbocycles. The van der Waals surface area contributed by atoms with Crippen molar-refractivity contribution in [2.45, 2.75) is 58.1 Å². The van der Waals surface area contributed by atoms with Crippen LogP contribution in [-0.2, 0) is 26.2 Å². The van der Waals surface area contributed by atoms with Gasteiger partial charge in [0.25, 0.3) is 10.0 Å². The third-order valence-electron chi connectivity index (χ3n) is 6.31. The van der Waals surface area contributed by atoms with Crippen molar-refractivity contribution in [1.82, 2.24) is 10.2 Å². The molecule has 2 amide bonds. The van der Waals surface area contributed by atoms with Gasteiger partial charge in [-0.15, -0.1) is 0 Å². The number of benzene rings is 3.